The zero-order chi connectivity index (χ0) is 15.2. The van der Waals surface area contributed by atoms with Crippen LogP contribution in [0.4, 0.5) is 0 Å². The van der Waals surface area contributed by atoms with E-state index in [4.69, 9.17) is 0 Å². The van der Waals surface area contributed by atoms with E-state index in [9.17, 15) is 9.59 Å². The van der Waals surface area contributed by atoms with Gasteiger partial charge in [-0.1, -0.05) is 34.8 Å². The molecule has 4 nitrogen and oxygen atoms in total. The Kier molecular flexibility index (Phi) is 5.79. The van der Waals surface area contributed by atoms with Gasteiger partial charge in [-0.2, -0.15) is 0 Å². The van der Waals surface area contributed by atoms with E-state index in [0.717, 1.165) is 30.2 Å². The van der Waals surface area contributed by atoms with Gasteiger partial charge in [0.2, 0.25) is 0 Å². The van der Waals surface area contributed by atoms with Crippen molar-refractivity contribution in [2.24, 2.45) is 0 Å². The van der Waals surface area contributed by atoms with Gasteiger partial charge in [-0.25, -0.2) is 0 Å². The first-order valence-electron chi connectivity index (χ1n) is 7.25. The number of methoxy groups -OCH3 is 1. The molecule has 1 aromatic carbocycles. The quantitative estimate of drug-likeness (QED) is 0.762. The van der Waals surface area contributed by atoms with Crippen LogP contribution in [0.5, 0.6) is 0 Å². The molecule has 0 atom stereocenters. The molecule has 1 amide bonds. The summed E-state index contributed by atoms with van der Waals surface area (Å²) in [5, 5.41) is 0. The normalized spacial score (nSPS) is 15.0. The van der Waals surface area contributed by atoms with Crippen LogP contribution in [0.2, 0.25) is 0 Å². The van der Waals surface area contributed by atoms with Crippen molar-refractivity contribution in [3.63, 3.8) is 0 Å². The Bertz CT molecular complexity index is 512. The minimum absolute atomic E-state index is 0.00731. The molecule has 1 aliphatic carbocycles. The molecule has 0 aromatic heterocycles. The molecule has 1 saturated carbocycles. The molecule has 0 heterocycles. The third kappa shape index (κ3) is 4.30. The van der Waals surface area contributed by atoms with Crippen molar-refractivity contribution in [3.8, 4) is 0 Å². The number of hydrogen-bond acceptors (Lipinski definition) is 3. The standard InChI is InChI=1S/C16H20BrNO3/c1-21-15(19)9-10-18(14-7-2-3-8-14)16(20)12-5-4-6-13(17)11-12/h4-6,11,14H,2-3,7-10H2,1H3. The maximum absolute atomic E-state index is 12.7. The van der Waals surface area contributed by atoms with Gasteiger partial charge in [0, 0.05) is 22.6 Å². The average Bonchev–Trinajstić information content (AvgIpc) is 3.01. The highest BCUT2D eigenvalue weighted by Crippen LogP contribution is 2.25. The van der Waals surface area contributed by atoms with E-state index in [-0.39, 0.29) is 24.3 Å². The number of carbonyl (C=O) groups is 2. The second-order valence-electron chi connectivity index (χ2n) is 5.27. The van der Waals surface area contributed by atoms with Crippen molar-refractivity contribution >= 4 is 27.8 Å². The summed E-state index contributed by atoms with van der Waals surface area (Å²) in [7, 11) is 1.37. The van der Waals surface area contributed by atoms with Crippen LogP contribution in [0.15, 0.2) is 28.7 Å². The van der Waals surface area contributed by atoms with Gasteiger partial charge in [0.15, 0.2) is 0 Å². The summed E-state index contributed by atoms with van der Waals surface area (Å²) < 4.78 is 5.57. The third-order valence-corrected chi connectivity index (χ3v) is 4.38. The number of halogens is 1. The first kappa shape index (κ1) is 16.0. The minimum atomic E-state index is -0.278. The summed E-state index contributed by atoms with van der Waals surface area (Å²) >= 11 is 3.39. The van der Waals surface area contributed by atoms with Gasteiger partial charge in [0.05, 0.1) is 13.5 Å². The predicted octanol–water partition coefficient (Wildman–Crippen LogP) is 3.40. The van der Waals surface area contributed by atoms with Crippen LogP contribution in [0.25, 0.3) is 0 Å². The van der Waals surface area contributed by atoms with Gasteiger partial charge in [0.25, 0.3) is 5.91 Å². The smallest absolute Gasteiger partial charge is 0.307 e. The molecular weight excluding hydrogens is 334 g/mol. The molecular formula is C16H20BrNO3. The maximum atomic E-state index is 12.7. The molecule has 114 valence electrons. The highest BCUT2D eigenvalue weighted by Gasteiger charge is 2.27. The minimum Gasteiger partial charge on any atom is -0.469 e. The van der Waals surface area contributed by atoms with E-state index in [1.807, 2.05) is 29.2 Å². The largest absolute Gasteiger partial charge is 0.469 e. The van der Waals surface area contributed by atoms with Gasteiger partial charge < -0.3 is 9.64 Å². The van der Waals surface area contributed by atoms with E-state index >= 15 is 0 Å². The highest BCUT2D eigenvalue weighted by molar-refractivity contribution is 9.10. The molecule has 0 radical (unpaired) electrons. The number of rotatable bonds is 5. The van der Waals surface area contributed by atoms with Crippen molar-refractivity contribution in [1.82, 2.24) is 4.90 Å². The van der Waals surface area contributed by atoms with Crippen LogP contribution in [-0.2, 0) is 9.53 Å². The number of carbonyl (C=O) groups excluding carboxylic acids is 2. The average molecular weight is 354 g/mol. The van der Waals surface area contributed by atoms with Crippen molar-refractivity contribution in [2.45, 2.75) is 38.1 Å². The van der Waals surface area contributed by atoms with Crippen molar-refractivity contribution in [3.05, 3.63) is 34.3 Å². The summed E-state index contributed by atoms with van der Waals surface area (Å²) in [6.45, 7) is 0.419. The number of esters is 1. The summed E-state index contributed by atoms with van der Waals surface area (Å²) in [6.07, 6.45) is 4.56. The van der Waals surface area contributed by atoms with Crippen LogP contribution < -0.4 is 0 Å². The Morgan fingerprint density at radius 2 is 2.05 bits per heavy atom. The molecule has 0 saturated heterocycles. The maximum Gasteiger partial charge on any atom is 0.307 e. The van der Waals surface area contributed by atoms with E-state index in [2.05, 4.69) is 20.7 Å². The fourth-order valence-electron chi connectivity index (χ4n) is 2.77. The molecule has 0 unspecified atom stereocenters. The lowest BCUT2D eigenvalue weighted by Gasteiger charge is -2.29. The Labute approximate surface area is 133 Å². The van der Waals surface area contributed by atoms with Crippen LogP contribution in [0.1, 0.15) is 42.5 Å². The van der Waals surface area contributed by atoms with Crippen molar-refractivity contribution in [1.29, 1.82) is 0 Å². The van der Waals surface area contributed by atoms with E-state index in [1.54, 1.807) is 0 Å². The molecule has 2 rings (SSSR count). The Morgan fingerprint density at radius 1 is 1.33 bits per heavy atom. The van der Waals surface area contributed by atoms with Gasteiger partial charge in [-0.15, -0.1) is 0 Å². The molecule has 0 bridgehead atoms. The monoisotopic (exact) mass is 353 g/mol. The predicted molar refractivity (Wildman–Crippen MR) is 84.1 cm³/mol. The van der Waals surface area contributed by atoms with Gasteiger partial charge >= 0.3 is 5.97 Å². The molecule has 1 fully saturated rings. The van der Waals surface area contributed by atoms with E-state index in [0.29, 0.717) is 12.1 Å². The fraction of sp³-hybridized carbons (Fsp3) is 0.500. The fourth-order valence-corrected chi connectivity index (χ4v) is 3.17. The highest BCUT2D eigenvalue weighted by atomic mass is 79.9. The molecule has 0 spiro atoms. The topological polar surface area (TPSA) is 46.6 Å². The lowest BCUT2D eigenvalue weighted by molar-refractivity contribution is -0.140. The SMILES string of the molecule is COC(=O)CCN(C(=O)c1cccc(Br)c1)C1CCCC1. The number of nitrogens with zero attached hydrogens (tertiary/aromatic N) is 1. The number of ether oxygens (including phenoxy) is 1. The second-order valence-corrected chi connectivity index (χ2v) is 6.19. The van der Waals surface area contributed by atoms with Crippen LogP contribution in [-0.4, -0.2) is 36.5 Å². The van der Waals surface area contributed by atoms with Gasteiger partial charge in [0.1, 0.15) is 0 Å². The second kappa shape index (κ2) is 7.59. The molecule has 21 heavy (non-hydrogen) atoms. The van der Waals surface area contributed by atoms with Crippen LogP contribution >= 0.6 is 15.9 Å². The van der Waals surface area contributed by atoms with E-state index < -0.39 is 0 Å². The zero-order valence-corrected chi connectivity index (χ0v) is 13.8. The van der Waals surface area contributed by atoms with Crippen molar-refractivity contribution < 1.29 is 14.3 Å². The molecule has 1 aromatic rings. The summed E-state index contributed by atoms with van der Waals surface area (Å²) in [4.78, 5) is 26.0. The number of amides is 1. The first-order chi connectivity index (χ1) is 10.1. The van der Waals surface area contributed by atoms with E-state index in [1.165, 1.54) is 7.11 Å². The Hall–Kier alpha value is -1.36. The summed E-state index contributed by atoms with van der Waals surface area (Å²) in [6, 6.07) is 7.62. The number of benzene rings is 1. The Balaban J connectivity index is 2.13. The molecule has 0 N–H and O–H groups in total. The van der Waals surface area contributed by atoms with Gasteiger partial charge in [-0.05, 0) is 31.0 Å². The van der Waals surface area contributed by atoms with Gasteiger partial charge in [-0.3, -0.25) is 9.59 Å². The van der Waals surface area contributed by atoms with Crippen molar-refractivity contribution in [2.75, 3.05) is 13.7 Å². The molecule has 0 aliphatic heterocycles. The molecule has 5 heteroatoms. The Morgan fingerprint density at radius 3 is 2.67 bits per heavy atom. The van der Waals surface area contributed by atoms with Crippen LogP contribution in [0, 0.1) is 0 Å². The lowest BCUT2D eigenvalue weighted by Crippen LogP contribution is -2.40. The summed E-state index contributed by atoms with van der Waals surface area (Å²) in [5.41, 5.74) is 0.654. The lowest BCUT2D eigenvalue weighted by atomic mass is 10.1. The van der Waals surface area contributed by atoms with Crippen LogP contribution in [0.3, 0.4) is 0 Å². The number of hydrogen-bond donors (Lipinski definition) is 0. The summed E-state index contributed by atoms with van der Waals surface area (Å²) in [5.74, 6) is -0.285. The first-order valence-corrected chi connectivity index (χ1v) is 8.04. The molecule has 1 aliphatic rings. The third-order valence-electron chi connectivity index (χ3n) is 3.88. The zero-order valence-electron chi connectivity index (χ0n) is 12.2.